The van der Waals surface area contributed by atoms with Gasteiger partial charge in [0.2, 0.25) is 5.91 Å². The van der Waals surface area contributed by atoms with E-state index >= 15 is 0 Å². The highest BCUT2D eigenvalue weighted by atomic mass is 32.1. The van der Waals surface area contributed by atoms with Crippen LogP contribution in [0.25, 0.3) is 0 Å². The molecule has 2 aromatic rings. The maximum atomic E-state index is 13.2. The third kappa shape index (κ3) is 4.78. The Kier molecular flexibility index (Phi) is 7.75. The highest BCUT2D eigenvalue weighted by molar-refractivity contribution is 7.15. The second kappa shape index (κ2) is 10.5. The number of aliphatic hydroxyl groups excluding tert-OH is 2. The molecule has 9 heteroatoms. The Balaban J connectivity index is 1.77. The zero-order valence-corrected chi connectivity index (χ0v) is 23.0. The summed E-state index contributed by atoms with van der Waals surface area (Å²) in [6.07, 6.45) is 7.11. The molecule has 1 aromatic heterocycles. The van der Waals surface area contributed by atoms with Crippen LogP contribution < -0.4 is 14.8 Å². The highest BCUT2D eigenvalue weighted by Gasteiger charge is 2.59. The van der Waals surface area contributed by atoms with Gasteiger partial charge >= 0.3 is 0 Å². The number of methoxy groups -OCH3 is 2. The van der Waals surface area contributed by atoms with Gasteiger partial charge in [-0.2, -0.15) is 0 Å². The van der Waals surface area contributed by atoms with Crippen LogP contribution in [0, 0.1) is 29.1 Å². The molecule has 200 valence electrons. The average molecular weight is 528 g/mol. The lowest BCUT2D eigenvalue weighted by molar-refractivity contribution is -0.146. The minimum Gasteiger partial charge on any atom is -0.497 e. The minimum atomic E-state index is -0.676. The number of hydrogen-bond acceptors (Lipinski definition) is 8. The molecule has 3 N–H and O–H groups in total. The van der Waals surface area contributed by atoms with Crippen LogP contribution in [0.3, 0.4) is 0 Å². The van der Waals surface area contributed by atoms with E-state index in [4.69, 9.17) is 20.9 Å². The molecular formula is C28H37N3O5S. The van der Waals surface area contributed by atoms with Crippen LogP contribution in [-0.2, 0) is 11.2 Å². The first-order chi connectivity index (χ1) is 17.6. The zero-order chi connectivity index (χ0) is 27.0. The Morgan fingerprint density at radius 2 is 2.11 bits per heavy atom. The summed E-state index contributed by atoms with van der Waals surface area (Å²) in [6, 6.07) is 5.52. The first-order valence-corrected chi connectivity index (χ1v) is 13.4. The van der Waals surface area contributed by atoms with Gasteiger partial charge in [-0.1, -0.05) is 19.8 Å². The van der Waals surface area contributed by atoms with Crippen LogP contribution in [0.2, 0.25) is 0 Å². The number of anilines is 2. The van der Waals surface area contributed by atoms with E-state index < -0.39 is 11.5 Å². The molecule has 1 saturated carbocycles. The molecule has 2 aliphatic carbocycles. The zero-order valence-electron chi connectivity index (χ0n) is 22.2. The predicted molar refractivity (Wildman–Crippen MR) is 145 cm³/mol. The van der Waals surface area contributed by atoms with Gasteiger partial charge in [0, 0.05) is 35.7 Å². The molecule has 1 aromatic carbocycles. The van der Waals surface area contributed by atoms with E-state index in [0.717, 1.165) is 22.7 Å². The Bertz CT molecular complexity index is 1190. The summed E-state index contributed by atoms with van der Waals surface area (Å²) in [5, 5.41) is 25.5. The Morgan fingerprint density at radius 1 is 1.35 bits per heavy atom. The molecule has 0 radical (unpaired) electrons. The van der Waals surface area contributed by atoms with E-state index in [9.17, 15) is 15.0 Å². The van der Waals surface area contributed by atoms with Gasteiger partial charge in [0.05, 0.1) is 44.9 Å². The van der Waals surface area contributed by atoms with Crippen molar-refractivity contribution in [1.29, 1.82) is 0 Å². The van der Waals surface area contributed by atoms with E-state index in [0.29, 0.717) is 29.5 Å². The van der Waals surface area contributed by atoms with Crippen molar-refractivity contribution in [3.8, 4) is 23.8 Å². The van der Waals surface area contributed by atoms with Crippen LogP contribution in [0.15, 0.2) is 18.2 Å². The van der Waals surface area contributed by atoms with Gasteiger partial charge in [0.15, 0.2) is 5.13 Å². The number of ether oxygens (including phenoxy) is 2. The first-order valence-electron chi connectivity index (χ1n) is 12.6. The van der Waals surface area contributed by atoms with E-state index in [1.54, 1.807) is 37.5 Å². The van der Waals surface area contributed by atoms with Gasteiger partial charge in [0.1, 0.15) is 11.5 Å². The first kappa shape index (κ1) is 27.2. The van der Waals surface area contributed by atoms with Crippen molar-refractivity contribution in [3.05, 3.63) is 28.8 Å². The summed E-state index contributed by atoms with van der Waals surface area (Å²) in [5.74, 6) is 3.67. The lowest BCUT2D eigenvalue weighted by atomic mass is 9.47. The fourth-order valence-electron chi connectivity index (χ4n) is 6.28. The largest absolute Gasteiger partial charge is 0.497 e. The highest BCUT2D eigenvalue weighted by Crippen LogP contribution is 2.63. The summed E-state index contributed by atoms with van der Waals surface area (Å²) in [7, 11) is 4.94. The van der Waals surface area contributed by atoms with Crippen LogP contribution in [-0.4, -0.2) is 66.5 Å². The third-order valence-electron chi connectivity index (χ3n) is 8.67. The fourth-order valence-corrected chi connectivity index (χ4v) is 7.36. The van der Waals surface area contributed by atoms with Crippen LogP contribution in [0.1, 0.15) is 49.6 Å². The monoisotopic (exact) mass is 527 g/mol. The third-order valence-corrected chi connectivity index (χ3v) is 9.68. The quantitative estimate of drug-likeness (QED) is 0.449. The number of fused-ring (bicyclic) bond motifs is 2. The number of rotatable bonds is 8. The van der Waals surface area contributed by atoms with Gasteiger partial charge in [-0.3, -0.25) is 4.79 Å². The van der Waals surface area contributed by atoms with Crippen LogP contribution >= 0.6 is 11.3 Å². The molecule has 0 bridgehead atoms. The lowest BCUT2D eigenvalue weighted by Gasteiger charge is -2.58. The molecule has 1 heterocycles. The SMILES string of the molecule is C#CCN(C)C(=O)C[C@@H]1c2nc(Nc3cc(OC)ccc3OC)sc2C[C@@H]2[C@](C)(CO)[C@H](O)CC[C@]21C. The summed E-state index contributed by atoms with van der Waals surface area (Å²) >= 11 is 1.54. The van der Waals surface area contributed by atoms with Crippen molar-refractivity contribution in [3.63, 3.8) is 0 Å². The van der Waals surface area contributed by atoms with Crippen LogP contribution in [0.5, 0.6) is 11.5 Å². The summed E-state index contributed by atoms with van der Waals surface area (Å²) < 4.78 is 10.9. The number of nitrogens with one attached hydrogen (secondary N) is 1. The second-order valence-electron chi connectivity index (χ2n) is 10.7. The maximum absolute atomic E-state index is 13.2. The van der Waals surface area contributed by atoms with Gasteiger partial charge in [0.25, 0.3) is 0 Å². The minimum absolute atomic E-state index is 0.0170. The number of terminal acetylenes is 1. The number of aromatic nitrogens is 1. The molecular weight excluding hydrogens is 490 g/mol. The van der Waals surface area contributed by atoms with Crippen molar-refractivity contribution in [2.24, 2.45) is 16.7 Å². The Hall–Kier alpha value is -2.80. The van der Waals surface area contributed by atoms with Gasteiger partial charge < -0.3 is 29.9 Å². The maximum Gasteiger partial charge on any atom is 0.223 e. The topological polar surface area (TPSA) is 104 Å². The number of thiazole rings is 1. The molecule has 8 nitrogen and oxygen atoms in total. The lowest BCUT2D eigenvalue weighted by Crippen LogP contribution is -2.57. The second-order valence-corrected chi connectivity index (χ2v) is 11.8. The number of benzene rings is 1. The van der Waals surface area contributed by atoms with Crippen molar-refractivity contribution >= 4 is 28.1 Å². The number of nitrogens with zero attached hydrogens (tertiary/aromatic N) is 2. The van der Waals surface area contributed by atoms with E-state index in [1.807, 2.05) is 25.1 Å². The summed E-state index contributed by atoms with van der Waals surface area (Å²) in [6.45, 7) is 4.28. The molecule has 0 aliphatic heterocycles. The van der Waals surface area contributed by atoms with Crippen molar-refractivity contribution in [2.75, 3.05) is 39.7 Å². The van der Waals surface area contributed by atoms with E-state index in [2.05, 4.69) is 18.2 Å². The normalized spacial score (nSPS) is 28.4. The smallest absolute Gasteiger partial charge is 0.223 e. The van der Waals surface area contributed by atoms with Crippen molar-refractivity contribution in [2.45, 2.75) is 51.6 Å². The fraction of sp³-hybridized carbons (Fsp3) is 0.571. The van der Waals surface area contributed by atoms with Crippen LogP contribution in [0.4, 0.5) is 10.8 Å². The molecule has 1 amide bonds. The predicted octanol–water partition coefficient (Wildman–Crippen LogP) is 3.80. The number of hydrogen-bond donors (Lipinski definition) is 3. The molecule has 4 rings (SSSR count). The summed E-state index contributed by atoms with van der Waals surface area (Å²) in [4.78, 5) is 20.9. The van der Waals surface area contributed by atoms with E-state index in [-0.39, 0.29) is 42.7 Å². The van der Waals surface area contributed by atoms with Gasteiger partial charge in [-0.15, -0.1) is 17.8 Å². The van der Waals surface area contributed by atoms with Crippen molar-refractivity contribution < 1.29 is 24.5 Å². The average Bonchev–Trinajstić information content (AvgIpc) is 3.29. The van der Waals surface area contributed by atoms with Gasteiger partial charge in [-0.25, -0.2) is 4.98 Å². The van der Waals surface area contributed by atoms with Gasteiger partial charge in [-0.05, 0) is 42.7 Å². The molecule has 5 atom stereocenters. The molecule has 2 aliphatic rings. The van der Waals surface area contributed by atoms with E-state index in [1.165, 1.54) is 0 Å². The Labute approximate surface area is 223 Å². The standard InChI is InChI=1S/C28H37N3O5S/c1-7-12-31(4)24(34)14-18-25-21(15-22-27(18,2)11-10-23(33)28(22,3)16-32)37-26(30-25)29-19-13-17(35-5)8-9-20(19)36-6/h1,8-9,13,18,22-23,32-33H,10-12,14-16H2,2-6H3,(H,29,30)/t18-,22+,23-,27+,28+/m1/s1. The van der Waals surface area contributed by atoms with Crippen molar-refractivity contribution in [1.82, 2.24) is 9.88 Å². The number of aliphatic hydroxyl groups is 2. The molecule has 0 unspecified atom stereocenters. The molecule has 0 saturated heterocycles. The number of carbonyl (C=O) groups excluding carboxylic acids is 1. The molecule has 37 heavy (non-hydrogen) atoms. The number of amides is 1. The molecule has 1 fully saturated rings. The molecule has 0 spiro atoms. The summed E-state index contributed by atoms with van der Waals surface area (Å²) in [5.41, 5.74) is 0.639. The Morgan fingerprint density at radius 3 is 2.76 bits per heavy atom. The number of carbonyl (C=O) groups is 1.